The van der Waals surface area contributed by atoms with Crippen LogP contribution >= 0.6 is 0 Å². The number of rotatable bonds is 2. The predicted octanol–water partition coefficient (Wildman–Crippen LogP) is 1.31. The average Bonchev–Trinajstić information content (AvgIpc) is 2.75. The van der Waals surface area contributed by atoms with Gasteiger partial charge >= 0.3 is 0 Å². The Bertz CT molecular complexity index is 453. The lowest BCUT2D eigenvalue weighted by Crippen LogP contribution is -2.34. The largest absolute Gasteiger partial charge is 0.390 e. The van der Waals surface area contributed by atoms with Crippen molar-refractivity contribution in [3.05, 3.63) is 11.6 Å². The van der Waals surface area contributed by atoms with Crippen molar-refractivity contribution in [2.24, 2.45) is 0 Å². The summed E-state index contributed by atoms with van der Waals surface area (Å²) in [4.78, 5) is 18.3. The summed E-state index contributed by atoms with van der Waals surface area (Å²) >= 11 is 0. The van der Waals surface area contributed by atoms with Crippen LogP contribution in [0.3, 0.4) is 0 Å². The van der Waals surface area contributed by atoms with Gasteiger partial charge in [0.05, 0.1) is 5.60 Å². The number of H-pyrrole nitrogens is 1. The molecule has 1 aromatic rings. The van der Waals surface area contributed by atoms with Crippen LogP contribution in [-0.2, 0) is 0 Å². The van der Waals surface area contributed by atoms with E-state index >= 15 is 0 Å². The molecule has 2 rings (SSSR count). The molecule has 0 radical (unpaired) electrons. The fourth-order valence-corrected chi connectivity index (χ4v) is 2.24. The summed E-state index contributed by atoms with van der Waals surface area (Å²) in [5.41, 5.74) is -0.670. The summed E-state index contributed by atoms with van der Waals surface area (Å²) < 4.78 is 0. The first-order valence-electron chi connectivity index (χ1n) is 6.83. The summed E-state index contributed by atoms with van der Waals surface area (Å²) in [7, 11) is 0. The highest BCUT2D eigenvalue weighted by Gasteiger charge is 2.29. The maximum absolute atomic E-state index is 12.3. The molecule has 1 unspecified atom stereocenters. The van der Waals surface area contributed by atoms with Gasteiger partial charge in [-0.05, 0) is 26.2 Å². The van der Waals surface area contributed by atoms with Crippen LogP contribution in [0.2, 0.25) is 0 Å². The molecule has 6 nitrogen and oxygen atoms in total. The Kier molecular flexibility index (Phi) is 3.89. The number of carbonyl (C=O) groups is 1. The Hall–Kier alpha value is -1.43. The highest BCUT2D eigenvalue weighted by atomic mass is 16.3. The molecule has 2 N–H and O–H groups in total. The fourth-order valence-electron chi connectivity index (χ4n) is 2.24. The first kappa shape index (κ1) is 14.0. The number of nitrogens with zero attached hydrogens (tertiary/aromatic N) is 3. The van der Waals surface area contributed by atoms with Gasteiger partial charge < -0.3 is 10.0 Å². The highest BCUT2D eigenvalue weighted by Crippen LogP contribution is 2.22. The molecular formula is C13H22N4O2. The minimum atomic E-state index is -0.670. The number of aromatic amines is 1. The molecule has 2 heterocycles. The number of nitrogens with one attached hydrogen (secondary N) is 1. The summed E-state index contributed by atoms with van der Waals surface area (Å²) in [5, 5.41) is 16.8. The minimum absolute atomic E-state index is 0.152. The SMILES string of the molecule is CC(C)c1nc(C(=O)N2CCCC(C)(O)CC2)n[nH]1. The standard InChI is InChI=1S/C13H22N4O2/c1-9(2)10-14-11(16-15-10)12(18)17-7-4-5-13(3,19)6-8-17/h9,19H,4-8H2,1-3H3,(H,14,15,16). The second-order valence-electron chi connectivity index (χ2n) is 5.84. The van der Waals surface area contributed by atoms with E-state index < -0.39 is 5.60 Å². The Labute approximate surface area is 113 Å². The van der Waals surface area contributed by atoms with Gasteiger partial charge in [-0.15, -0.1) is 5.10 Å². The molecule has 1 aromatic heterocycles. The van der Waals surface area contributed by atoms with Crippen LogP contribution in [0.5, 0.6) is 0 Å². The van der Waals surface area contributed by atoms with Crippen LogP contribution in [0.4, 0.5) is 0 Å². The lowest BCUT2D eigenvalue weighted by molar-refractivity contribution is 0.0436. The Balaban J connectivity index is 2.06. The average molecular weight is 266 g/mol. The fraction of sp³-hybridized carbons (Fsp3) is 0.769. The molecular weight excluding hydrogens is 244 g/mol. The van der Waals surface area contributed by atoms with Gasteiger partial charge in [0.2, 0.25) is 5.82 Å². The number of aliphatic hydroxyl groups is 1. The van der Waals surface area contributed by atoms with Gasteiger partial charge in [0.15, 0.2) is 0 Å². The number of likely N-dealkylation sites (tertiary alicyclic amines) is 1. The van der Waals surface area contributed by atoms with E-state index in [4.69, 9.17) is 0 Å². The molecule has 1 saturated heterocycles. The van der Waals surface area contributed by atoms with Crippen LogP contribution in [0.25, 0.3) is 0 Å². The van der Waals surface area contributed by atoms with Crippen molar-refractivity contribution in [1.82, 2.24) is 20.1 Å². The maximum Gasteiger partial charge on any atom is 0.293 e. The van der Waals surface area contributed by atoms with Crippen LogP contribution in [0, 0.1) is 0 Å². The lowest BCUT2D eigenvalue weighted by atomic mass is 9.98. The van der Waals surface area contributed by atoms with Crippen molar-refractivity contribution < 1.29 is 9.90 Å². The molecule has 1 atom stereocenters. The minimum Gasteiger partial charge on any atom is -0.390 e. The van der Waals surface area contributed by atoms with Gasteiger partial charge in [-0.2, -0.15) is 0 Å². The molecule has 19 heavy (non-hydrogen) atoms. The molecule has 0 spiro atoms. The molecule has 0 aromatic carbocycles. The number of carbonyl (C=O) groups excluding carboxylic acids is 1. The van der Waals surface area contributed by atoms with Crippen molar-refractivity contribution in [3.63, 3.8) is 0 Å². The third-order valence-electron chi connectivity index (χ3n) is 3.59. The van der Waals surface area contributed by atoms with Crippen LogP contribution in [-0.4, -0.2) is 49.8 Å². The van der Waals surface area contributed by atoms with Crippen LogP contribution in [0.1, 0.15) is 62.4 Å². The van der Waals surface area contributed by atoms with E-state index in [1.54, 1.807) is 4.90 Å². The van der Waals surface area contributed by atoms with Crippen molar-refractivity contribution in [2.75, 3.05) is 13.1 Å². The number of hydrogen-bond donors (Lipinski definition) is 2. The second-order valence-corrected chi connectivity index (χ2v) is 5.84. The zero-order valence-electron chi connectivity index (χ0n) is 11.8. The predicted molar refractivity (Wildman–Crippen MR) is 70.9 cm³/mol. The first-order chi connectivity index (χ1) is 8.89. The van der Waals surface area contributed by atoms with Crippen LogP contribution < -0.4 is 0 Å². The van der Waals surface area contributed by atoms with Gasteiger partial charge in [0, 0.05) is 19.0 Å². The monoisotopic (exact) mass is 266 g/mol. The molecule has 1 amide bonds. The van der Waals surface area contributed by atoms with E-state index in [1.807, 2.05) is 20.8 Å². The number of hydrogen-bond acceptors (Lipinski definition) is 4. The number of aromatic nitrogens is 3. The van der Waals surface area contributed by atoms with E-state index in [-0.39, 0.29) is 17.6 Å². The highest BCUT2D eigenvalue weighted by molar-refractivity contribution is 5.90. The molecule has 1 aliphatic rings. The van der Waals surface area contributed by atoms with Crippen molar-refractivity contribution >= 4 is 5.91 Å². The molecule has 0 saturated carbocycles. The van der Waals surface area contributed by atoms with Gasteiger partial charge in [-0.1, -0.05) is 13.8 Å². The zero-order chi connectivity index (χ0) is 14.0. The third kappa shape index (κ3) is 3.32. The summed E-state index contributed by atoms with van der Waals surface area (Å²) in [6.45, 7) is 7.03. The van der Waals surface area contributed by atoms with Gasteiger partial charge in [-0.25, -0.2) is 4.98 Å². The van der Waals surface area contributed by atoms with Gasteiger partial charge in [-0.3, -0.25) is 9.89 Å². The molecule has 1 fully saturated rings. The molecule has 0 bridgehead atoms. The maximum atomic E-state index is 12.3. The van der Waals surface area contributed by atoms with E-state index in [0.29, 0.717) is 19.5 Å². The third-order valence-corrected chi connectivity index (χ3v) is 3.59. The summed E-state index contributed by atoms with van der Waals surface area (Å²) in [6.07, 6.45) is 2.13. The first-order valence-corrected chi connectivity index (χ1v) is 6.83. The van der Waals surface area contributed by atoms with Gasteiger partial charge in [0.25, 0.3) is 5.91 Å². The molecule has 6 heteroatoms. The molecule has 0 aliphatic carbocycles. The van der Waals surface area contributed by atoms with Crippen molar-refractivity contribution in [3.8, 4) is 0 Å². The quantitative estimate of drug-likeness (QED) is 0.845. The molecule has 1 aliphatic heterocycles. The van der Waals surface area contributed by atoms with Gasteiger partial charge in [0.1, 0.15) is 5.82 Å². The summed E-state index contributed by atoms with van der Waals surface area (Å²) in [5.74, 6) is 1.02. The molecule has 106 valence electrons. The normalized spacial score (nSPS) is 24.6. The number of amides is 1. The Morgan fingerprint density at radius 3 is 2.79 bits per heavy atom. The smallest absolute Gasteiger partial charge is 0.293 e. The topological polar surface area (TPSA) is 82.1 Å². The van der Waals surface area contributed by atoms with E-state index in [0.717, 1.165) is 18.7 Å². The summed E-state index contributed by atoms with van der Waals surface area (Å²) in [6, 6.07) is 0. The lowest BCUT2D eigenvalue weighted by Gasteiger charge is -2.21. The Morgan fingerprint density at radius 1 is 1.42 bits per heavy atom. The van der Waals surface area contributed by atoms with Crippen molar-refractivity contribution in [1.29, 1.82) is 0 Å². The Morgan fingerprint density at radius 2 is 2.16 bits per heavy atom. The van der Waals surface area contributed by atoms with E-state index in [9.17, 15) is 9.90 Å². The van der Waals surface area contributed by atoms with Crippen molar-refractivity contribution in [2.45, 2.75) is 51.6 Å². The second kappa shape index (κ2) is 5.28. The zero-order valence-corrected chi connectivity index (χ0v) is 11.8. The van der Waals surface area contributed by atoms with Crippen LogP contribution in [0.15, 0.2) is 0 Å². The van der Waals surface area contributed by atoms with E-state index in [1.165, 1.54) is 0 Å². The van der Waals surface area contributed by atoms with E-state index in [2.05, 4.69) is 15.2 Å².